The average Bonchev–Trinajstić information content (AvgIpc) is 2.29. The first-order valence-corrected chi connectivity index (χ1v) is 6.02. The van der Waals surface area contributed by atoms with Crippen LogP contribution in [0.2, 0.25) is 0 Å². The van der Waals surface area contributed by atoms with Crippen LogP contribution in [0.5, 0.6) is 0 Å². The molecule has 0 bridgehead atoms. The third-order valence-corrected chi connectivity index (χ3v) is 1.50. The topological polar surface area (TPSA) is 55.1 Å². The lowest BCUT2D eigenvalue weighted by atomic mass is 10.1. The van der Waals surface area contributed by atoms with E-state index in [0.29, 0.717) is 5.92 Å². The maximum absolute atomic E-state index is 9.78. The molecule has 0 spiro atoms. The van der Waals surface area contributed by atoms with Gasteiger partial charge in [0.1, 0.15) is 0 Å². The monoisotopic (exact) mass is 222 g/mol. The minimum atomic E-state index is 0.577. The van der Waals surface area contributed by atoms with E-state index >= 15 is 0 Å². The average molecular weight is 222 g/mol. The molecule has 3 N–H and O–H groups in total. The predicted octanol–water partition coefficient (Wildman–Crippen LogP) is 1.68. The second kappa shape index (κ2) is 23.0. The van der Waals surface area contributed by atoms with Crippen LogP contribution in [0.4, 0.5) is 0 Å². The van der Waals surface area contributed by atoms with Gasteiger partial charge in [-0.1, -0.05) is 20.8 Å². The summed E-state index contributed by atoms with van der Waals surface area (Å²) in [7, 11) is 0. The number of carbonyl (C=O) groups is 1. The van der Waals surface area contributed by atoms with Crippen LogP contribution in [0.3, 0.4) is 0 Å². The van der Waals surface area contributed by atoms with Gasteiger partial charge in [0.2, 0.25) is 6.41 Å². The highest BCUT2D eigenvalue weighted by Crippen LogP contribution is 2.00. The van der Waals surface area contributed by atoms with Crippen LogP contribution >= 0.6 is 12.6 Å². The van der Waals surface area contributed by atoms with E-state index in [-0.39, 0.29) is 0 Å². The van der Waals surface area contributed by atoms with E-state index in [1.165, 1.54) is 0 Å². The molecule has 0 aliphatic heterocycles. The number of hydrogen-bond donors (Lipinski definition) is 3. The maximum atomic E-state index is 9.78. The SMILES string of the molecule is CC.CC(CN)CCCNC=O.CS. The molecule has 0 radical (unpaired) electrons. The Balaban J connectivity index is -0.000000266. The largest absolute Gasteiger partial charge is 0.359 e. The van der Waals surface area contributed by atoms with Gasteiger partial charge in [0.15, 0.2) is 0 Å². The Bertz CT molecular complexity index is 92.2. The molecule has 0 aromatic heterocycles. The summed E-state index contributed by atoms with van der Waals surface area (Å²) in [4.78, 5) is 9.78. The van der Waals surface area contributed by atoms with Crippen molar-refractivity contribution in [3.8, 4) is 0 Å². The molecule has 1 amide bonds. The molecule has 1 unspecified atom stereocenters. The molecule has 0 fully saturated rings. The molecule has 0 aliphatic carbocycles. The van der Waals surface area contributed by atoms with Gasteiger partial charge in [-0.25, -0.2) is 0 Å². The van der Waals surface area contributed by atoms with Gasteiger partial charge in [0, 0.05) is 6.54 Å². The van der Waals surface area contributed by atoms with Crippen LogP contribution in [0.1, 0.15) is 33.6 Å². The molecule has 14 heavy (non-hydrogen) atoms. The highest BCUT2D eigenvalue weighted by Gasteiger charge is 1.96. The van der Waals surface area contributed by atoms with Crippen molar-refractivity contribution < 1.29 is 4.79 Å². The van der Waals surface area contributed by atoms with Crippen molar-refractivity contribution in [2.75, 3.05) is 19.3 Å². The number of nitrogens with one attached hydrogen (secondary N) is 1. The van der Waals surface area contributed by atoms with Crippen LogP contribution in [-0.2, 0) is 4.79 Å². The summed E-state index contributed by atoms with van der Waals surface area (Å²) in [5.74, 6) is 0.577. The molecule has 0 aromatic carbocycles. The van der Waals surface area contributed by atoms with Crippen molar-refractivity contribution in [1.82, 2.24) is 5.32 Å². The normalized spacial score (nSPS) is 9.86. The minimum Gasteiger partial charge on any atom is -0.359 e. The van der Waals surface area contributed by atoms with Crippen molar-refractivity contribution in [2.45, 2.75) is 33.6 Å². The Hall–Kier alpha value is -0.220. The Labute approximate surface area is 94.2 Å². The summed E-state index contributed by atoms with van der Waals surface area (Å²) >= 11 is 3.53. The van der Waals surface area contributed by atoms with E-state index < -0.39 is 0 Å². The fraction of sp³-hybridized carbons (Fsp3) is 0.900. The lowest BCUT2D eigenvalue weighted by Gasteiger charge is -2.06. The second-order valence-electron chi connectivity index (χ2n) is 2.56. The van der Waals surface area contributed by atoms with Gasteiger partial charge in [-0.2, -0.15) is 12.6 Å². The molecule has 0 rings (SSSR count). The standard InChI is InChI=1S/C7H16N2O.C2H6.CH4S/c1-7(5-8)3-2-4-9-6-10;2*1-2/h6-7H,2-5,8H2,1H3,(H,9,10);1-2H3;2H,1H3. The zero-order valence-corrected chi connectivity index (χ0v) is 10.8. The zero-order chi connectivity index (χ0) is 11.8. The van der Waals surface area contributed by atoms with Gasteiger partial charge in [0.05, 0.1) is 0 Å². The number of amides is 1. The van der Waals surface area contributed by atoms with Gasteiger partial charge in [-0.05, 0) is 31.6 Å². The van der Waals surface area contributed by atoms with Gasteiger partial charge >= 0.3 is 0 Å². The maximum Gasteiger partial charge on any atom is 0.207 e. The molecule has 4 heteroatoms. The second-order valence-corrected chi connectivity index (χ2v) is 2.56. The molecule has 0 aliphatic rings. The van der Waals surface area contributed by atoms with Gasteiger partial charge in [-0.3, -0.25) is 4.79 Å². The number of nitrogens with two attached hydrogens (primary N) is 1. The fourth-order valence-electron chi connectivity index (χ4n) is 0.729. The van der Waals surface area contributed by atoms with Crippen LogP contribution in [0.15, 0.2) is 0 Å². The van der Waals surface area contributed by atoms with E-state index in [1.54, 1.807) is 6.26 Å². The van der Waals surface area contributed by atoms with Gasteiger partial charge < -0.3 is 11.1 Å². The van der Waals surface area contributed by atoms with Crippen LogP contribution < -0.4 is 11.1 Å². The Morgan fingerprint density at radius 1 is 1.43 bits per heavy atom. The minimum absolute atomic E-state index is 0.577. The molecule has 0 saturated heterocycles. The van der Waals surface area contributed by atoms with Crippen LogP contribution in [-0.4, -0.2) is 25.8 Å². The first-order valence-electron chi connectivity index (χ1n) is 5.13. The molecular weight excluding hydrogens is 196 g/mol. The van der Waals surface area contributed by atoms with Crippen molar-refractivity contribution in [2.24, 2.45) is 11.7 Å². The van der Waals surface area contributed by atoms with Crippen molar-refractivity contribution >= 4 is 19.0 Å². The molecular formula is C10H26N2OS. The van der Waals surface area contributed by atoms with Crippen molar-refractivity contribution in [3.63, 3.8) is 0 Å². The van der Waals surface area contributed by atoms with E-state index in [1.807, 2.05) is 13.8 Å². The molecule has 88 valence electrons. The predicted molar refractivity (Wildman–Crippen MR) is 67.8 cm³/mol. The highest BCUT2D eigenvalue weighted by molar-refractivity contribution is 7.79. The summed E-state index contributed by atoms with van der Waals surface area (Å²) < 4.78 is 0. The van der Waals surface area contributed by atoms with E-state index in [2.05, 4.69) is 24.9 Å². The lowest BCUT2D eigenvalue weighted by Crippen LogP contribution is -2.16. The molecule has 0 heterocycles. The number of carbonyl (C=O) groups excluding carboxylic acids is 1. The van der Waals surface area contributed by atoms with Crippen molar-refractivity contribution in [3.05, 3.63) is 0 Å². The number of rotatable bonds is 6. The van der Waals surface area contributed by atoms with Crippen LogP contribution in [0, 0.1) is 5.92 Å². The summed E-state index contributed by atoms with van der Waals surface area (Å²) in [6.07, 6.45) is 4.54. The Morgan fingerprint density at radius 2 is 1.93 bits per heavy atom. The number of hydrogen-bond acceptors (Lipinski definition) is 3. The third kappa shape index (κ3) is 22.6. The summed E-state index contributed by atoms with van der Waals surface area (Å²) in [5.41, 5.74) is 5.40. The Morgan fingerprint density at radius 3 is 2.29 bits per heavy atom. The quantitative estimate of drug-likeness (QED) is 0.364. The van der Waals surface area contributed by atoms with Gasteiger partial charge in [0.25, 0.3) is 0 Å². The van der Waals surface area contributed by atoms with Crippen molar-refractivity contribution in [1.29, 1.82) is 0 Å². The molecule has 0 saturated carbocycles. The zero-order valence-electron chi connectivity index (χ0n) is 9.92. The van der Waals surface area contributed by atoms with E-state index in [0.717, 1.165) is 32.3 Å². The van der Waals surface area contributed by atoms with Crippen LogP contribution in [0.25, 0.3) is 0 Å². The van der Waals surface area contributed by atoms with E-state index in [4.69, 9.17) is 5.73 Å². The van der Waals surface area contributed by atoms with Gasteiger partial charge in [-0.15, -0.1) is 0 Å². The molecule has 1 atom stereocenters. The van der Waals surface area contributed by atoms with E-state index in [9.17, 15) is 4.79 Å². The summed E-state index contributed by atoms with van der Waals surface area (Å²) in [5, 5.41) is 2.61. The molecule has 3 nitrogen and oxygen atoms in total. The summed E-state index contributed by atoms with van der Waals surface area (Å²) in [6.45, 7) is 7.62. The first-order chi connectivity index (χ1) is 6.81. The number of thiol groups is 1. The smallest absolute Gasteiger partial charge is 0.207 e. The highest BCUT2D eigenvalue weighted by atomic mass is 32.1. The lowest BCUT2D eigenvalue weighted by molar-refractivity contribution is -0.109. The Kier molecular flexibility index (Phi) is 31.8. The molecule has 0 aromatic rings. The summed E-state index contributed by atoms with van der Waals surface area (Å²) in [6, 6.07) is 0. The third-order valence-electron chi connectivity index (χ3n) is 1.50. The first kappa shape index (κ1) is 19.4. The fourth-order valence-corrected chi connectivity index (χ4v) is 0.729.